The van der Waals surface area contributed by atoms with Gasteiger partial charge in [-0.2, -0.15) is 13.2 Å². The fourth-order valence-corrected chi connectivity index (χ4v) is 1.73. The van der Waals surface area contributed by atoms with E-state index in [1.54, 1.807) is 0 Å². The lowest BCUT2D eigenvalue weighted by Crippen LogP contribution is -2.35. The van der Waals surface area contributed by atoms with Gasteiger partial charge in [-0.05, 0) is 24.1 Å². The molecule has 1 aliphatic rings. The number of halogens is 3. The topological polar surface area (TPSA) is 21.3 Å². The zero-order valence-electron chi connectivity index (χ0n) is 9.64. The lowest BCUT2D eigenvalue weighted by Gasteiger charge is -2.30. The van der Waals surface area contributed by atoms with Crippen molar-refractivity contribution in [3.05, 3.63) is 23.8 Å². The van der Waals surface area contributed by atoms with Crippen molar-refractivity contribution in [2.45, 2.75) is 26.1 Å². The number of nitrogens with one attached hydrogen (secondary N) is 1. The molecule has 1 N–H and O–H groups in total. The van der Waals surface area contributed by atoms with E-state index in [1.807, 2.05) is 13.8 Å². The van der Waals surface area contributed by atoms with Crippen LogP contribution in [-0.4, -0.2) is 12.6 Å². The van der Waals surface area contributed by atoms with Crippen LogP contribution in [-0.2, 0) is 6.18 Å². The van der Waals surface area contributed by atoms with Gasteiger partial charge in [-0.15, -0.1) is 0 Å². The molecular formula is C12H14F3NO. The van der Waals surface area contributed by atoms with Crippen LogP contribution in [0.3, 0.4) is 0 Å². The van der Waals surface area contributed by atoms with Gasteiger partial charge in [0.25, 0.3) is 0 Å². The van der Waals surface area contributed by atoms with Crippen LogP contribution in [0.2, 0.25) is 0 Å². The number of benzene rings is 1. The molecule has 2 rings (SSSR count). The Bertz CT molecular complexity index is 415. The Morgan fingerprint density at radius 1 is 1.35 bits per heavy atom. The Hall–Kier alpha value is -1.39. The Balaban J connectivity index is 2.29. The molecule has 1 aromatic carbocycles. The molecular weight excluding hydrogens is 231 g/mol. The summed E-state index contributed by atoms with van der Waals surface area (Å²) >= 11 is 0. The van der Waals surface area contributed by atoms with Gasteiger partial charge in [0, 0.05) is 0 Å². The highest BCUT2D eigenvalue weighted by molar-refractivity contribution is 5.60. The second kappa shape index (κ2) is 4.13. The van der Waals surface area contributed by atoms with Crippen molar-refractivity contribution in [3.63, 3.8) is 0 Å². The van der Waals surface area contributed by atoms with Gasteiger partial charge in [-0.25, -0.2) is 0 Å². The first-order valence-corrected chi connectivity index (χ1v) is 5.48. The van der Waals surface area contributed by atoms with Crippen molar-refractivity contribution in [3.8, 4) is 5.75 Å². The summed E-state index contributed by atoms with van der Waals surface area (Å²) in [6.45, 7) is 4.48. The van der Waals surface area contributed by atoms with E-state index < -0.39 is 11.7 Å². The molecule has 0 amide bonds. The molecule has 94 valence electrons. The molecule has 0 aliphatic carbocycles. The molecule has 0 bridgehead atoms. The SMILES string of the molecule is CC(C)C1COc2ccc(C(F)(F)F)cc2N1. The average Bonchev–Trinajstić information content (AvgIpc) is 2.26. The minimum absolute atomic E-state index is 0.0472. The summed E-state index contributed by atoms with van der Waals surface area (Å²) in [6.07, 6.45) is -4.32. The molecule has 1 aliphatic heterocycles. The number of fused-ring (bicyclic) bond motifs is 1. The third-order valence-electron chi connectivity index (χ3n) is 2.87. The fourth-order valence-electron chi connectivity index (χ4n) is 1.73. The van der Waals surface area contributed by atoms with Crippen molar-refractivity contribution < 1.29 is 17.9 Å². The van der Waals surface area contributed by atoms with Crippen LogP contribution in [0.5, 0.6) is 5.75 Å². The summed E-state index contributed by atoms with van der Waals surface area (Å²) in [6, 6.07) is 3.55. The number of rotatable bonds is 1. The van der Waals surface area contributed by atoms with Gasteiger partial charge in [0.1, 0.15) is 12.4 Å². The Morgan fingerprint density at radius 3 is 2.65 bits per heavy atom. The minimum Gasteiger partial charge on any atom is -0.489 e. The molecule has 1 unspecified atom stereocenters. The first-order valence-electron chi connectivity index (χ1n) is 5.48. The van der Waals surface area contributed by atoms with E-state index in [9.17, 15) is 13.2 Å². The summed E-state index contributed by atoms with van der Waals surface area (Å²) in [5.41, 5.74) is -0.235. The molecule has 0 fully saturated rings. The maximum atomic E-state index is 12.5. The maximum absolute atomic E-state index is 12.5. The van der Waals surface area contributed by atoms with E-state index in [0.717, 1.165) is 12.1 Å². The van der Waals surface area contributed by atoms with E-state index in [0.29, 0.717) is 24.0 Å². The molecule has 5 heteroatoms. The summed E-state index contributed by atoms with van der Waals surface area (Å²) in [5, 5.41) is 3.08. The second-order valence-corrected chi connectivity index (χ2v) is 4.51. The van der Waals surface area contributed by atoms with Crippen LogP contribution >= 0.6 is 0 Å². The number of hydrogen-bond acceptors (Lipinski definition) is 2. The molecule has 17 heavy (non-hydrogen) atoms. The van der Waals surface area contributed by atoms with Gasteiger partial charge in [0.15, 0.2) is 0 Å². The van der Waals surface area contributed by atoms with E-state index in [4.69, 9.17) is 4.74 Å². The number of alkyl halides is 3. The minimum atomic E-state index is -4.32. The lowest BCUT2D eigenvalue weighted by molar-refractivity contribution is -0.137. The molecule has 0 saturated heterocycles. The van der Waals surface area contributed by atoms with Gasteiger partial charge in [-0.3, -0.25) is 0 Å². The van der Waals surface area contributed by atoms with Crippen LogP contribution in [0, 0.1) is 5.92 Å². The van der Waals surface area contributed by atoms with Crippen LogP contribution < -0.4 is 10.1 Å². The summed E-state index contributed by atoms with van der Waals surface area (Å²) in [4.78, 5) is 0. The first kappa shape index (κ1) is 12.1. The van der Waals surface area contributed by atoms with E-state index >= 15 is 0 Å². The highest BCUT2D eigenvalue weighted by Crippen LogP contribution is 2.37. The molecule has 2 nitrogen and oxygen atoms in total. The van der Waals surface area contributed by atoms with Crippen molar-refractivity contribution in [2.75, 3.05) is 11.9 Å². The zero-order chi connectivity index (χ0) is 12.6. The smallest absolute Gasteiger partial charge is 0.416 e. The number of ether oxygens (including phenoxy) is 1. The lowest BCUT2D eigenvalue weighted by atomic mass is 10.0. The van der Waals surface area contributed by atoms with Crippen LogP contribution in [0.1, 0.15) is 19.4 Å². The Kier molecular flexibility index (Phi) is 2.93. The predicted molar refractivity (Wildman–Crippen MR) is 59.2 cm³/mol. The van der Waals surface area contributed by atoms with Gasteiger partial charge in [-0.1, -0.05) is 13.8 Å². The molecule has 0 radical (unpaired) electrons. The van der Waals surface area contributed by atoms with Crippen molar-refractivity contribution in [1.29, 1.82) is 0 Å². The highest BCUT2D eigenvalue weighted by atomic mass is 19.4. The van der Waals surface area contributed by atoms with Crippen LogP contribution in [0.15, 0.2) is 18.2 Å². The van der Waals surface area contributed by atoms with Gasteiger partial charge < -0.3 is 10.1 Å². The number of hydrogen-bond donors (Lipinski definition) is 1. The average molecular weight is 245 g/mol. The third-order valence-corrected chi connectivity index (χ3v) is 2.87. The van der Waals surface area contributed by atoms with E-state index in [1.165, 1.54) is 6.07 Å². The highest BCUT2D eigenvalue weighted by Gasteiger charge is 2.32. The van der Waals surface area contributed by atoms with Gasteiger partial charge >= 0.3 is 6.18 Å². The molecule has 1 atom stereocenters. The first-order chi connectivity index (χ1) is 7.88. The summed E-state index contributed by atoms with van der Waals surface area (Å²) < 4.78 is 43.1. The summed E-state index contributed by atoms with van der Waals surface area (Å²) in [7, 11) is 0. The Morgan fingerprint density at radius 2 is 2.06 bits per heavy atom. The predicted octanol–water partition coefficient (Wildman–Crippen LogP) is 3.53. The normalized spacial score (nSPS) is 19.5. The zero-order valence-corrected chi connectivity index (χ0v) is 9.64. The standard InChI is InChI=1S/C12H14F3NO/c1-7(2)10-6-17-11-4-3-8(12(13,14)15)5-9(11)16-10/h3-5,7,10,16H,6H2,1-2H3. The van der Waals surface area contributed by atoms with Gasteiger partial charge in [0.2, 0.25) is 0 Å². The fraction of sp³-hybridized carbons (Fsp3) is 0.500. The van der Waals surface area contributed by atoms with Gasteiger partial charge in [0.05, 0.1) is 17.3 Å². The quantitative estimate of drug-likeness (QED) is 0.817. The summed E-state index contributed by atoms with van der Waals surface area (Å²) in [5.74, 6) is 0.785. The molecule has 1 heterocycles. The second-order valence-electron chi connectivity index (χ2n) is 4.51. The van der Waals surface area contributed by atoms with E-state index in [-0.39, 0.29) is 6.04 Å². The Labute approximate surface area is 97.8 Å². The van der Waals surface area contributed by atoms with Crippen LogP contribution in [0.4, 0.5) is 18.9 Å². The molecule has 0 spiro atoms. The van der Waals surface area contributed by atoms with Crippen molar-refractivity contribution in [1.82, 2.24) is 0 Å². The van der Waals surface area contributed by atoms with Crippen molar-refractivity contribution >= 4 is 5.69 Å². The van der Waals surface area contributed by atoms with Crippen molar-refractivity contribution in [2.24, 2.45) is 5.92 Å². The van der Waals surface area contributed by atoms with Crippen LogP contribution in [0.25, 0.3) is 0 Å². The maximum Gasteiger partial charge on any atom is 0.416 e. The number of anilines is 1. The molecule has 0 aromatic heterocycles. The largest absolute Gasteiger partial charge is 0.489 e. The molecule has 1 aromatic rings. The third kappa shape index (κ3) is 2.48. The monoisotopic (exact) mass is 245 g/mol. The molecule has 0 saturated carbocycles. The van der Waals surface area contributed by atoms with E-state index in [2.05, 4.69) is 5.32 Å².